The Morgan fingerprint density at radius 2 is 1.83 bits per heavy atom. The standard InChI is InChI=1S/C25H26N2O2S/c1-17-5-8-19(9-6-17)16-27-23-14-18(2)7-10-21(23)22(24(27)25(28)29)15-26-12-11-20-4-3-13-30-20/h3-10,13-14,26H,11-12,15-16H2,1-2H3,(H,28,29). The number of fused-ring (bicyclic) bond motifs is 1. The van der Waals surface area contributed by atoms with Gasteiger partial charge in [0.2, 0.25) is 0 Å². The second-order valence-electron chi connectivity index (χ2n) is 7.73. The van der Waals surface area contributed by atoms with Crippen molar-refractivity contribution in [2.75, 3.05) is 6.54 Å². The average Bonchev–Trinajstić information content (AvgIpc) is 3.33. The smallest absolute Gasteiger partial charge is 0.352 e. The fourth-order valence-corrected chi connectivity index (χ4v) is 4.58. The van der Waals surface area contributed by atoms with Crippen LogP contribution in [0, 0.1) is 13.8 Å². The van der Waals surface area contributed by atoms with E-state index in [4.69, 9.17) is 0 Å². The van der Waals surface area contributed by atoms with Crippen LogP contribution >= 0.6 is 11.3 Å². The molecule has 0 saturated carbocycles. The van der Waals surface area contributed by atoms with Gasteiger partial charge in [0.15, 0.2) is 0 Å². The average molecular weight is 419 g/mol. The van der Waals surface area contributed by atoms with Crippen molar-refractivity contribution in [3.8, 4) is 0 Å². The molecule has 0 atom stereocenters. The lowest BCUT2D eigenvalue weighted by atomic mass is 10.1. The normalized spacial score (nSPS) is 11.3. The molecule has 2 N–H and O–H groups in total. The van der Waals surface area contributed by atoms with Gasteiger partial charge in [0.05, 0.1) is 0 Å². The maximum atomic E-state index is 12.3. The first kappa shape index (κ1) is 20.4. The summed E-state index contributed by atoms with van der Waals surface area (Å²) in [5, 5.41) is 16.6. The lowest BCUT2D eigenvalue weighted by Crippen LogP contribution is -2.19. The summed E-state index contributed by atoms with van der Waals surface area (Å²) in [7, 11) is 0. The number of rotatable bonds is 8. The van der Waals surface area contributed by atoms with Gasteiger partial charge in [-0.15, -0.1) is 11.3 Å². The third kappa shape index (κ3) is 4.32. The molecule has 0 saturated heterocycles. The molecule has 0 spiro atoms. The summed E-state index contributed by atoms with van der Waals surface area (Å²) in [5.74, 6) is -0.883. The molecule has 4 rings (SSSR count). The van der Waals surface area contributed by atoms with E-state index < -0.39 is 5.97 Å². The maximum absolute atomic E-state index is 12.3. The van der Waals surface area contributed by atoms with Gasteiger partial charge in [-0.05, 0) is 48.9 Å². The molecule has 0 bridgehead atoms. The van der Waals surface area contributed by atoms with Gasteiger partial charge < -0.3 is 15.0 Å². The fourth-order valence-electron chi connectivity index (χ4n) is 3.87. The predicted molar refractivity (Wildman–Crippen MR) is 124 cm³/mol. The molecule has 5 heteroatoms. The van der Waals surface area contributed by atoms with Gasteiger partial charge in [0.25, 0.3) is 0 Å². The van der Waals surface area contributed by atoms with Crippen LogP contribution < -0.4 is 5.32 Å². The highest BCUT2D eigenvalue weighted by atomic mass is 32.1. The summed E-state index contributed by atoms with van der Waals surface area (Å²) in [6, 6.07) is 18.7. The van der Waals surface area contributed by atoms with Crippen LogP contribution in [0.25, 0.3) is 10.9 Å². The molecule has 2 aromatic heterocycles. The van der Waals surface area contributed by atoms with Crippen molar-refractivity contribution in [2.24, 2.45) is 0 Å². The zero-order chi connectivity index (χ0) is 21.1. The third-order valence-corrected chi connectivity index (χ3v) is 6.36. The summed E-state index contributed by atoms with van der Waals surface area (Å²) < 4.78 is 1.95. The molecule has 0 fully saturated rings. The number of carboxylic acids is 1. The van der Waals surface area contributed by atoms with Gasteiger partial charge in [0, 0.05) is 41.0 Å². The Morgan fingerprint density at radius 3 is 2.53 bits per heavy atom. The molecular formula is C25H26N2O2S. The second kappa shape index (κ2) is 8.86. The van der Waals surface area contributed by atoms with Crippen molar-refractivity contribution in [3.05, 3.63) is 92.8 Å². The maximum Gasteiger partial charge on any atom is 0.352 e. The monoisotopic (exact) mass is 418 g/mol. The lowest BCUT2D eigenvalue weighted by molar-refractivity contribution is 0.0684. The number of hydrogen-bond acceptors (Lipinski definition) is 3. The van der Waals surface area contributed by atoms with E-state index in [2.05, 4.69) is 72.2 Å². The van der Waals surface area contributed by atoms with Crippen LogP contribution in [0.2, 0.25) is 0 Å². The van der Waals surface area contributed by atoms with Crippen molar-refractivity contribution >= 4 is 28.2 Å². The molecule has 0 unspecified atom stereocenters. The van der Waals surface area contributed by atoms with Crippen LogP contribution in [0.3, 0.4) is 0 Å². The molecule has 0 radical (unpaired) electrons. The predicted octanol–water partition coefficient (Wildman–Crippen LogP) is 5.40. The Bertz CT molecular complexity index is 1160. The molecule has 2 heterocycles. The minimum Gasteiger partial charge on any atom is -0.477 e. The van der Waals surface area contributed by atoms with E-state index in [0.717, 1.165) is 40.6 Å². The minimum atomic E-state index is -0.883. The number of aromatic nitrogens is 1. The van der Waals surface area contributed by atoms with E-state index in [-0.39, 0.29) is 0 Å². The van der Waals surface area contributed by atoms with Crippen molar-refractivity contribution in [3.63, 3.8) is 0 Å². The van der Waals surface area contributed by atoms with Crippen LogP contribution in [0.15, 0.2) is 60.0 Å². The van der Waals surface area contributed by atoms with Crippen LogP contribution in [0.5, 0.6) is 0 Å². The Kier molecular flexibility index (Phi) is 6.02. The molecule has 2 aromatic carbocycles. The van der Waals surface area contributed by atoms with Crippen LogP contribution in [0.1, 0.15) is 37.6 Å². The number of nitrogens with zero attached hydrogens (tertiary/aromatic N) is 1. The zero-order valence-electron chi connectivity index (χ0n) is 17.3. The van der Waals surface area contributed by atoms with Crippen molar-refractivity contribution in [1.82, 2.24) is 9.88 Å². The van der Waals surface area contributed by atoms with E-state index in [1.807, 2.05) is 11.5 Å². The summed E-state index contributed by atoms with van der Waals surface area (Å²) in [5.41, 5.74) is 5.62. The van der Waals surface area contributed by atoms with Crippen LogP contribution in [-0.4, -0.2) is 22.2 Å². The van der Waals surface area contributed by atoms with Crippen molar-refractivity contribution in [2.45, 2.75) is 33.4 Å². The number of carboxylic acid groups (broad SMARTS) is 1. The number of carbonyl (C=O) groups is 1. The van der Waals surface area contributed by atoms with Gasteiger partial charge >= 0.3 is 5.97 Å². The first-order valence-corrected chi connectivity index (χ1v) is 11.0. The highest BCUT2D eigenvalue weighted by molar-refractivity contribution is 7.09. The molecule has 4 aromatic rings. The van der Waals surface area contributed by atoms with E-state index in [0.29, 0.717) is 18.8 Å². The molecule has 30 heavy (non-hydrogen) atoms. The lowest BCUT2D eigenvalue weighted by Gasteiger charge is -2.10. The van der Waals surface area contributed by atoms with Gasteiger partial charge in [0.1, 0.15) is 5.69 Å². The summed E-state index contributed by atoms with van der Waals surface area (Å²) >= 11 is 1.75. The highest BCUT2D eigenvalue weighted by Crippen LogP contribution is 2.29. The summed E-state index contributed by atoms with van der Waals surface area (Å²) in [4.78, 5) is 13.6. The fraction of sp³-hybridized carbons (Fsp3) is 0.240. The number of nitrogens with one attached hydrogen (secondary N) is 1. The highest BCUT2D eigenvalue weighted by Gasteiger charge is 2.22. The topological polar surface area (TPSA) is 54.3 Å². The number of aromatic carboxylic acids is 1. The first-order valence-electron chi connectivity index (χ1n) is 10.2. The number of hydrogen-bond donors (Lipinski definition) is 2. The van der Waals surface area contributed by atoms with Gasteiger partial charge in [-0.2, -0.15) is 0 Å². The minimum absolute atomic E-state index is 0.375. The van der Waals surface area contributed by atoms with Crippen molar-refractivity contribution < 1.29 is 9.90 Å². The Balaban J connectivity index is 1.68. The quantitative estimate of drug-likeness (QED) is 0.377. The zero-order valence-corrected chi connectivity index (χ0v) is 18.1. The number of thiophene rings is 1. The second-order valence-corrected chi connectivity index (χ2v) is 8.76. The van der Waals surface area contributed by atoms with E-state index >= 15 is 0 Å². The summed E-state index contributed by atoms with van der Waals surface area (Å²) in [6.07, 6.45) is 0.946. The van der Waals surface area contributed by atoms with Crippen molar-refractivity contribution in [1.29, 1.82) is 0 Å². The molecule has 4 nitrogen and oxygen atoms in total. The van der Waals surface area contributed by atoms with E-state index in [1.165, 1.54) is 10.4 Å². The first-order chi connectivity index (χ1) is 14.5. The number of benzene rings is 2. The molecule has 154 valence electrons. The van der Waals surface area contributed by atoms with E-state index in [9.17, 15) is 9.90 Å². The largest absolute Gasteiger partial charge is 0.477 e. The van der Waals surface area contributed by atoms with Gasteiger partial charge in [-0.25, -0.2) is 4.79 Å². The summed E-state index contributed by atoms with van der Waals surface area (Å²) in [6.45, 7) is 5.99. The van der Waals surface area contributed by atoms with Crippen LogP contribution in [0.4, 0.5) is 0 Å². The van der Waals surface area contributed by atoms with Gasteiger partial charge in [-0.1, -0.05) is 48.0 Å². The molecular weight excluding hydrogens is 392 g/mol. The molecule has 0 amide bonds. The van der Waals surface area contributed by atoms with Crippen LogP contribution in [-0.2, 0) is 19.5 Å². The van der Waals surface area contributed by atoms with E-state index in [1.54, 1.807) is 11.3 Å². The Labute approximate surface area is 180 Å². The molecule has 0 aliphatic rings. The number of aryl methyl sites for hydroxylation is 2. The Hall–Kier alpha value is -2.89. The Morgan fingerprint density at radius 1 is 1.07 bits per heavy atom. The van der Waals surface area contributed by atoms with Gasteiger partial charge in [-0.3, -0.25) is 0 Å². The molecule has 0 aliphatic carbocycles. The SMILES string of the molecule is Cc1ccc(Cn2c(C(=O)O)c(CNCCc3cccs3)c3ccc(C)cc32)cc1. The molecule has 0 aliphatic heterocycles. The third-order valence-electron chi connectivity index (χ3n) is 5.42.